The van der Waals surface area contributed by atoms with Gasteiger partial charge in [0.2, 0.25) is 11.8 Å². The predicted octanol–water partition coefficient (Wildman–Crippen LogP) is 1.78. The fraction of sp³-hybridized carbons (Fsp3) is 0.474. The lowest BCUT2D eigenvalue weighted by atomic mass is 9.86. The van der Waals surface area contributed by atoms with E-state index in [1.807, 2.05) is 0 Å². The Morgan fingerprint density at radius 1 is 1.07 bits per heavy atom. The highest BCUT2D eigenvalue weighted by Crippen LogP contribution is 2.27. The maximum absolute atomic E-state index is 12.2. The van der Waals surface area contributed by atoms with Gasteiger partial charge in [-0.25, -0.2) is 0 Å². The molecular formula is C19H25N3O5. The second kappa shape index (κ2) is 9.70. The molecule has 2 rings (SSSR count). The molecule has 0 atom stereocenters. The lowest BCUT2D eigenvalue weighted by molar-refractivity contribution is -0.157. The SMILES string of the molecule is CCN(CC(=O)Nc1ccc(NC(C)=O)cc1)C(=O)COC(=O)C1CCC1. The molecule has 0 heterocycles. The van der Waals surface area contributed by atoms with Crippen molar-refractivity contribution in [1.29, 1.82) is 0 Å². The second-order valence-electron chi connectivity index (χ2n) is 6.45. The summed E-state index contributed by atoms with van der Waals surface area (Å²) in [6.07, 6.45) is 2.64. The Morgan fingerprint density at radius 3 is 2.15 bits per heavy atom. The number of benzene rings is 1. The van der Waals surface area contributed by atoms with Gasteiger partial charge in [-0.05, 0) is 44.0 Å². The average Bonchev–Trinajstić information content (AvgIpc) is 2.57. The van der Waals surface area contributed by atoms with Crippen molar-refractivity contribution in [1.82, 2.24) is 4.90 Å². The number of hydrogen-bond donors (Lipinski definition) is 2. The maximum Gasteiger partial charge on any atom is 0.309 e. The van der Waals surface area contributed by atoms with Gasteiger partial charge < -0.3 is 20.3 Å². The van der Waals surface area contributed by atoms with E-state index in [9.17, 15) is 19.2 Å². The summed E-state index contributed by atoms with van der Waals surface area (Å²) < 4.78 is 5.04. The van der Waals surface area contributed by atoms with Gasteiger partial charge >= 0.3 is 5.97 Å². The van der Waals surface area contributed by atoms with Crippen LogP contribution < -0.4 is 10.6 Å². The van der Waals surface area contributed by atoms with Gasteiger partial charge in [0.1, 0.15) is 0 Å². The van der Waals surface area contributed by atoms with E-state index in [4.69, 9.17) is 4.74 Å². The molecule has 3 amide bonds. The molecular weight excluding hydrogens is 350 g/mol. The third-order valence-corrected chi connectivity index (χ3v) is 4.33. The number of esters is 1. The van der Waals surface area contributed by atoms with Crippen molar-refractivity contribution in [2.45, 2.75) is 33.1 Å². The second-order valence-corrected chi connectivity index (χ2v) is 6.45. The summed E-state index contributed by atoms with van der Waals surface area (Å²) in [5, 5.41) is 5.33. The smallest absolute Gasteiger partial charge is 0.309 e. The molecule has 1 fully saturated rings. The van der Waals surface area contributed by atoms with Crippen molar-refractivity contribution in [3.63, 3.8) is 0 Å². The summed E-state index contributed by atoms with van der Waals surface area (Å²) in [5.74, 6) is -1.36. The fourth-order valence-corrected chi connectivity index (χ4v) is 2.58. The molecule has 0 saturated heterocycles. The van der Waals surface area contributed by atoms with Crippen molar-refractivity contribution in [2.24, 2.45) is 5.92 Å². The number of rotatable bonds is 8. The molecule has 8 heteroatoms. The van der Waals surface area contributed by atoms with Crippen LogP contribution in [0.5, 0.6) is 0 Å². The van der Waals surface area contributed by atoms with Crippen molar-refractivity contribution in [3.05, 3.63) is 24.3 Å². The first-order valence-electron chi connectivity index (χ1n) is 9.01. The van der Waals surface area contributed by atoms with Gasteiger partial charge in [-0.2, -0.15) is 0 Å². The summed E-state index contributed by atoms with van der Waals surface area (Å²) >= 11 is 0. The minimum atomic E-state index is -0.402. The number of likely N-dealkylation sites (N-methyl/N-ethyl adjacent to an activating group) is 1. The zero-order valence-corrected chi connectivity index (χ0v) is 15.6. The van der Waals surface area contributed by atoms with Crippen LogP contribution in [-0.2, 0) is 23.9 Å². The molecule has 146 valence electrons. The standard InChI is InChI=1S/C19H25N3O5/c1-3-22(18(25)12-27-19(26)14-5-4-6-14)11-17(24)21-16-9-7-15(8-10-16)20-13(2)23/h7-10,14H,3-6,11-12H2,1-2H3,(H,20,23)(H,21,24). The lowest BCUT2D eigenvalue weighted by Gasteiger charge is -2.24. The van der Waals surface area contributed by atoms with Gasteiger partial charge in [-0.3, -0.25) is 19.2 Å². The molecule has 1 aliphatic carbocycles. The average molecular weight is 375 g/mol. The van der Waals surface area contributed by atoms with Gasteiger partial charge in [0.15, 0.2) is 6.61 Å². The molecule has 0 spiro atoms. The topological polar surface area (TPSA) is 105 Å². The van der Waals surface area contributed by atoms with E-state index in [-0.39, 0.29) is 36.9 Å². The van der Waals surface area contributed by atoms with Crippen molar-refractivity contribution < 1.29 is 23.9 Å². The maximum atomic E-state index is 12.2. The van der Waals surface area contributed by atoms with E-state index in [2.05, 4.69) is 10.6 Å². The number of hydrogen-bond acceptors (Lipinski definition) is 5. The quantitative estimate of drug-likeness (QED) is 0.674. The van der Waals surface area contributed by atoms with Crippen LogP contribution in [0.2, 0.25) is 0 Å². The molecule has 27 heavy (non-hydrogen) atoms. The number of carbonyl (C=O) groups is 4. The molecule has 1 aromatic rings. The molecule has 0 unspecified atom stereocenters. The Bertz CT molecular complexity index is 698. The normalized spacial score (nSPS) is 13.3. The number of amides is 3. The highest BCUT2D eigenvalue weighted by molar-refractivity contribution is 5.95. The number of nitrogens with zero attached hydrogens (tertiary/aromatic N) is 1. The number of anilines is 2. The monoisotopic (exact) mass is 375 g/mol. The van der Waals surface area contributed by atoms with E-state index in [0.717, 1.165) is 19.3 Å². The first kappa shape index (κ1) is 20.4. The Balaban J connectivity index is 1.79. The van der Waals surface area contributed by atoms with E-state index < -0.39 is 5.91 Å². The molecule has 0 aliphatic heterocycles. The summed E-state index contributed by atoms with van der Waals surface area (Å²) in [5.41, 5.74) is 1.17. The molecule has 0 aromatic heterocycles. The van der Waals surface area contributed by atoms with Crippen LogP contribution in [0.1, 0.15) is 33.1 Å². The molecule has 1 saturated carbocycles. The van der Waals surface area contributed by atoms with Crippen LogP contribution in [0.15, 0.2) is 24.3 Å². The van der Waals surface area contributed by atoms with Crippen molar-refractivity contribution >= 4 is 35.1 Å². The zero-order valence-electron chi connectivity index (χ0n) is 15.6. The Kier molecular flexibility index (Phi) is 7.34. The highest BCUT2D eigenvalue weighted by Gasteiger charge is 2.27. The van der Waals surface area contributed by atoms with E-state index in [0.29, 0.717) is 17.9 Å². The van der Waals surface area contributed by atoms with Crippen LogP contribution in [0.4, 0.5) is 11.4 Å². The van der Waals surface area contributed by atoms with Crippen LogP contribution in [0.3, 0.4) is 0 Å². The van der Waals surface area contributed by atoms with Crippen molar-refractivity contribution in [2.75, 3.05) is 30.3 Å². The number of nitrogens with one attached hydrogen (secondary N) is 2. The summed E-state index contributed by atoms with van der Waals surface area (Å²) in [4.78, 5) is 48.4. The van der Waals surface area contributed by atoms with Crippen LogP contribution in [0, 0.1) is 5.92 Å². The molecule has 0 radical (unpaired) electrons. The molecule has 0 bridgehead atoms. The summed E-state index contributed by atoms with van der Waals surface area (Å²) in [6, 6.07) is 6.64. The fourth-order valence-electron chi connectivity index (χ4n) is 2.58. The largest absolute Gasteiger partial charge is 0.455 e. The lowest BCUT2D eigenvalue weighted by Crippen LogP contribution is -2.40. The minimum Gasteiger partial charge on any atom is -0.455 e. The zero-order chi connectivity index (χ0) is 19.8. The van der Waals surface area contributed by atoms with Crippen molar-refractivity contribution in [3.8, 4) is 0 Å². The molecule has 8 nitrogen and oxygen atoms in total. The minimum absolute atomic E-state index is 0.0864. The van der Waals surface area contributed by atoms with E-state index in [1.54, 1.807) is 31.2 Å². The van der Waals surface area contributed by atoms with Crippen LogP contribution in [0.25, 0.3) is 0 Å². The summed E-state index contributed by atoms with van der Waals surface area (Å²) in [6.45, 7) is 3.01. The van der Waals surface area contributed by atoms with E-state index >= 15 is 0 Å². The third kappa shape index (κ3) is 6.40. The van der Waals surface area contributed by atoms with Gasteiger partial charge in [-0.1, -0.05) is 6.42 Å². The first-order chi connectivity index (χ1) is 12.9. The number of carbonyl (C=O) groups excluding carboxylic acids is 4. The Morgan fingerprint density at radius 2 is 1.67 bits per heavy atom. The summed E-state index contributed by atoms with van der Waals surface area (Å²) in [7, 11) is 0. The predicted molar refractivity (Wildman–Crippen MR) is 99.9 cm³/mol. The van der Waals surface area contributed by atoms with Crippen LogP contribution in [-0.4, -0.2) is 48.3 Å². The number of ether oxygens (including phenoxy) is 1. The highest BCUT2D eigenvalue weighted by atomic mass is 16.5. The van der Waals surface area contributed by atoms with Crippen LogP contribution >= 0.6 is 0 Å². The Hall–Kier alpha value is -2.90. The third-order valence-electron chi connectivity index (χ3n) is 4.33. The van der Waals surface area contributed by atoms with Gasteiger partial charge in [0.05, 0.1) is 12.5 Å². The van der Waals surface area contributed by atoms with Gasteiger partial charge in [0, 0.05) is 24.8 Å². The van der Waals surface area contributed by atoms with Gasteiger partial charge in [0.25, 0.3) is 5.91 Å². The van der Waals surface area contributed by atoms with Gasteiger partial charge in [-0.15, -0.1) is 0 Å². The first-order valence-corrected chi connectivity index (χ1v) is 9.01. The molecule has 1 aliphatic rings. The Labute approximate surface area is 158 Å². The molecule has 2 N–H and O–H groups in total. The van der Waals surface area contributed by atoms with E-state index in [1.165, 1.54) is 11.8 Å². The molecule has 1 aromatic carbocycles.